The minimum atomic E-state index is -3.26. The summed E-state index contributed by atoms with van der Waals surface area (Å²) in [5.74, 6) is -0.539. The Hall–Kier alpha value is -0.940. The molecule has 0 aromatic heterocycles. The largest absolute Gasteiger partial charge is 0.326 e. The first-order valence-electron chi connectivity index (χ1n) is 6.05. The zero-order valence-corrected chi connectivity index (χ0v) is 11.6. The van der Waals surface area contributed by atoms with E-state index in [-0.39, 0.29) is 29.5 Å². The van der Waals surface area contributed by atoms with Crippen molar-refractivity contribution in [1.29, 1.82) is 0 Å². The third-order valence-corrected chi connectivity index (χ3v) is 4.79. The molecule has 1 unspecified atom stereocenters. The van der Waals surface area contributed by atoms with Gasteiger partial charge in [0.05, 0.1) is 11.5 Å². The highest BCUT2D eigenvalue weighted by atomic mass is 32.2. The molecule has 0 aliphatic carbocycles. The maximum Gasteiger partial charge on any atom is 0.154 e. The molecule has 0 aliphatic heterocycles. The normalized spacial score (nSPS) is 13.6. The summed E-state index contributed by atoms with van der Waals surface area (Å²) >= 11 is 0. The molecule has 0 spiro atoms. The van der Waals surface area contributed by atoms with Crippen LogP contribution >= 0.6 is 0 Å². The summed E-state index contributed by atoms with van der Waals surface area (Å²) in [4.78, 5) is 0. The van der Waals surface area contributed by atoms with Gasteiger partial charge < -0.3 is 5.73 Å². The molecule has 1 aromatic carbocycles. The van der Waals surface area contributed by atoms with E-state index in [0.717, 1.165) is 6.42 Å². The molecule has 0 aliphatic rings. The molecule has 5 heteroatoms. The van der Waals surface area contributed by atoms with Crippen LogP contribution in [0.4, 0.5) is 4.39 Å². The van der Waals surface area contributed by atoms with Gasteiger partial charge in [-0.15, -0.1) is 0 Å². The first-order valence-corrected chi connectivity index (χ1v) is 7.88. The van der Waals surface area contributed by atoms with E-state index in [9.17, 15) is 12.8 Å². The topological polar surface area (TPSA) is 60.2 Å². The molecular formula is C13H20FNO2S. The molecule has 2 N–H and O–H groups in total. The SMILES string of the molecule is CCC(C)CS(=O)(=O)Cc1ccc(CN)cc1F. The van der Waals surface area contributed by atoms with Crippen LogP contribution in [0, 0.1) is 11.7 Å². The lowest BCUT2D eigenvalue weighted by molar-refractivity contribution is 0.560. The van der Waals surface area contributed by atoms with Crippen molar-refractivity contribution in [2.45, 2.75) is 32.6 Å². The molecule has 1 rings (SSSR count). The van der Waals surface area contributed by atoms with E-state index in [1.165, 1.54) is 12.1 Å². The Morgan fingerprint density at radius 2 is 2.06 bits per heavy atom. The molecule has 0 radical (unpaired) electrons. The molecule has 0 saturated heterocycles. The van der Waals surface area contributed by atoms with Crippen LogP contribution < -0.4 is 5.73 Å². The maximum atomic E-state index is 13.7. The van der Waals surface area contributed by atoms with Gasteiger partial charge in [0.1, 0.15) is 5.82 Å². The number of halogens is 1. The van der Waals surface area contributed by atoms with Gasteiger partial charge >= 0.3 is 0 Å². The van der Waals surface area contributed by atoms with E-state index in [1.807, 2.05) is 13.8 Å². The number of sulfone groups is 1. The van der Waals surface area contributed by atoms with Crippen LogP contribution in [0.5, 0.6) is 0 Å². The molecule has 1 aromatic rings. The average Bonchev–Trinajstić information content (AvgIpc) is 2.30. The smallest absolute Gasteiger partial charge is 0.154 e. The van der Waals surface area contributed by atoms with E-state index >= 15 is 0 Å². The van der Waals surface area contributed by atoms with Crippen molar-refractivity contribution < 1.29 is 12.8 Å². The lowest BCUT2D eigenvalue weighted by Gasteiger charge is -2.10. The van der Waals surface area contributed by atoms with Crippen LogP contribution in [0.15, 0.2) is 18.2 Å². The van der Waals surface area contributed by atoms with E-state index in [0.29, 0.717) is 5.56 Å². The Bertz CT molecular complexity index is 500. The highest BCUT2D eigenvalue weighted by Crippen LogP contribution is 2.16. The Kier molecular flexibility index (Phi) is 5.28. The average molecular weight is 273 g/mol. The van der Waals surface area contributed by atoms with Gasteiger partial charge in [-0.1, -0.05) is 32.4 Å². The fourth-order valence-electron chi connectivity index (χ4n) is 1.68. The van der Waals surface area contributed by atoms with Crippen molar-refractivity contribution in [3.63, 3.8) is 0 Å². The quantitative estimate of drug-likeness (QED) is 0.864. The number of rotatable bonds is 6. The summed E-state index contributed by atoms with van der Waals surface area (Å²) in [5, 5.41) is 0. The third kappa shape index (κ3) is 4.38. The van der Waals surface area contributed by atoms with Crippen molar-refractivity contribution >= 4 is 9.84 Å². The third-order valence-electron chi connectivity index (χ3n) is 2.96. The molecule has 102 valence electrons. The predicted octanol–water partition coefficient (Wildman–Crippen LogP) is 2.25. The van der Waals surface area contributed by atoms with Crippen LogP contribution in [0.2, 0.25) is 0 Å². The highest BCUT2D eigenvalue weighted by molar-refractivity contribution is 7.90. The predicted molar refractivity (Wildman–Crippen MR) is 71.2 cm³/mol. The molecule has 0 saturated carbocycles. The van der Waals surface area contributed by atoms with Gasteiger partial charge in [0.25, 0.3) is 0 Å². The molecule has 0 bridgehead atoms. The standard InChI is InChI=1S/C13H20FNO2S/c1-3-10(2)8-18(16,17)9-12-5-4-11(7-15)6-13(12)14/h4-6,10H,3,7-9,15H2,1-2H3. The van der Waals surface area contributed by atoms with Crippen LogP contribution in [0.3, 0.4) is 0 Å². The summed E-state index contributed by atoms with van der Waals surface area (Å²) in [7, 11) is -3.26. The molecule has 0 amide bonds. The second-order valence-electron chi connectivity index (χ2n) is 4.70. The van der Waals surface area contributed by atoms with Crippen molar-refractivity contribution in [2.24, 2.45) is 11.7 Å². The number of hydrogen-bond donors (Lipinski definition) is 1. The fraction of sp³-hybridized carbons (Fsp3) is 0.538. The summed E-state index contributed by atoms with van der Waals surface area (Å²) in [6.45, 7) is 4.07. The Morgan fingerprint density at radius 1 is 1.39 bits per heavy atom. The van der Waals surface area contributed by atoms with Gasteiger partial charge in [-0.05, 0) is 17.5 Å². The fourth-order valence-corrected chi connectivity index (χ4v) is 3.61. The van der Waals surface area contributed by atoms with Gasteiger partial charge in [0, 0.05) is 12.1 Å². The van der Waals surface area contributed by atoms with E-state index in [1.54, 1.807) is 6.07 Å². The Morgan fingerprint density at radius 3 is 2.56 bits per heavy atom. The summed E-state index contributed by atoms with van der Waals surface area (Å²) < 4.78 is 37.4. The lowest BCUT2D eigenvalue weighted by Crippen LogP contribution is -2.16. The maximum absolute atomic E-state index is 13.7. The minimum absolute atomic E-state index is 0.0985. The zero-order valence-electron chi connectivity index (χ0n) is 10.8. The number of benzene rings is 1. The van der Waals surface area contributed by atoms with Crippen molar-refractivity contribution in [1.82, 2.24) is 0 Å². The Balaban J connectivity index is 2.84. The van der Waals surface area contributed by atoms with Crippen molar-refractivity contribution in [3.8, 4) is 0 Å². The van der Waals surface area contributed by atoms with Gasteiger partial charge in [0.2, 0.25) is 0 Å². The highest BCUT2D eigenvalue weighted by Gasteiger charge is 2.17. The van der Waals surface area contributed by atoms with Crippen LogP contribution in [-0.4, -0.2) is 14.2 Å². The zero-order chi connectivity index (χ0) is 13.8. The first kappa shape index (κ1) is 15.1. The Labute approximate surface area is 108 Å². The second-order valence-corrected chi connectivity index (χ2v) is 6.81. The monoisotopic (exact) mass is 273 g/mol. The van der Waals surface area contributed by atoms with Gasteiger partial charge in [-0.2, -0.15) is 0 Å². The van der Waals surface area contributed by atoms with Gasteiger partial charge in [-0.25, -0.2) is 12.8 Å². The second kappa shape index (κ2) is 6.29. The number of nitrogens with two attached hydrogens (primary N) is 1. The van der Waals surface area contributed by atoms with Crippen LogP contribution in [0.1, 0.15) is 31.4 Å². The molecule has 0 fully saturated rings. The van der Waals surface area contributed by atoms with E-state index in [2.05, 4.69) is 0 Å². The van der Waals surface area contributed by atoms with E-state index < -0.39 is 15.7 Å². The molecular weight excluding hydrogens is 253 g/mol. The van der Waals surface area contributed by atoms with Crippen LogP contribution in [-0.2, 0) is 22.1 Å². The van der Waals surface area contributed by atoms with Crippen molar-refractivity contribution in [2.75, 3.05) is 5.75 Å². The lowest BCUT2D eigenvalue weighted by atomic mass is 10.1. The van der Waals surface area contributed by atoms with Gasteiger partial charge in [0.15, 0.2) is 9.84 Å². The molecule has 3 nitrogen and oxygen atoms in total. The molecule has 0 heterocycles. The van der Waals surface area contributed by atoms with E-state index in [4.69, 9.17) is 5.73 Å². The summed E-state index contributed by atoms with van der Waals surface area (Å²) in [6, 6.07) is 4.47. The van der Waals surface area contributed by atoms with Crippen molar-refractivity contribution in [3.05, 3.63) is 35.1 Å². The first-order chi connectivity index (χ1) is 8.38. The summed E-state index contributed by atoms with van der Waals surface area (Å²) in [5.41, 5.74) is 6.28. The molecule has 18 heavy (non-hydrogen) atoms. The number of hydrogen-bond acceptors (Lipinski definition) is 3. The molecule has 1 atom stereocenters. The van der Waals surface area contributed by atoms with Crippen LogP contribution in [0.25, 0.3) is 0 Å². The van der Waals surface area contributed by atoms with Gasteiger partial charge in [-0.3, -0.25) is 0 Å². The summed E-state index contributed by atoms with van der Waals surface area (Å²) in [6.07, 6.45) is 0.799. The minimum Gasteiger partial charge on any atom is -0.326 e.